The van der Waals surface area contributed by atoms with Gasteiger partial charge >= 0.3 is 0 Å². The van der Waals surface area contributed by atoms with Gasteiger partial charge < -0.3 is 15.0 Å². The largest absolute Gasteiger partial charge is 0.493 e. The number of likely N-dealkylation sites (tertiary alicyclic amines) is 1. The smallest absolute Gasteiger partial charge is 0.254 e. The number of hydrogen-bond acceptors (Lipinski definition) is 3. The van der Waals surface area contributed by atoms with E-state index >= 15 is 0 Å². The van der Waals surface area contributed by atoms with Crippen molar-refractivity contribution in [3.63, 3.8) is 0 Å². The van der Waals surface area contributed by atoms with Crippen molar-refractivity contribution < 1.29 is 18.7 Å². The molecule has 1 saturated heterocycles. The first kappa shape index (κ1) is 21.8. The van der Waals surface area contributed by atoms with Gasteiger partial charge in [0.15, 0.2) is 0 Å². The first-order valence-electron chi connectivity index (χ1n) is 10.5. The highest BCUT2D eigenvalue weighted by Crippen LogP contribution is 2.22. The number of rotatable bonds is 7. The summed E-state index contributed by atoms with van der Waals surface area (Å²) in [5.74, 6) is 0.0364. The Morgan fingerprint density at radius 1 is 1.20 bits per heavy atom. The molecule has 1 aliphatic heterocycles. The lowest BCUT2D eigenvalue weighted by Gasteiger charge is -2.33. The van der Waals surface area contributed by atoms with E-state index in [-0.39, 0.29) is 23.7 Å². The highest BCUT2D eigenvalue weighted by molar-refractivity contribution is 5.96. The lowest BCUT2D eigenvalue weighted by Crippen LogP contribution is -2.42. The Balaban J connectivity index is 1.49. The van der Waals surface area contributed by atoms with Gasteiger partial charge in [-0.2, -0.15) is 0 Å². The summed E-state index contributed by atoms with van der Waals surface area (Å²) < 4.78 is 18.6. The second kappa shape index (κ2) is 10.2. The number of benzene rings is 2. The van der Waals surface area contributed by atoms with Crippen LogP contribution in [-0.4, -0.2) is 35.9 Å². The molecule has 0 aliphatic carbocycles. The Bertz CT molecular complexity index is 900. The molecular weight excluding hydrogens is 383 g/mol. The number of amides is 2. The minimum atomic E-state index is -0.350. The van der Waals surface area contributed by atoms with E-state index in [4.69, 9.17) is 4.74 Å². The van der Waals surface area contributed by atoms with Crippen molar-refractivity contribution in [2.75, 3.05) is 18.5 Å². The number of carbonyl (C=O) groups is 2. The van der Waals surface area contributed by atoms with Gasteiger partial charge in [-0.15, -0.1) is 0 Å². The molecule has 6 heteroatoms. The van der Waals surface area contributed by atoms with E-state index in [9.17, 15) is 14.0 Å². The van der Waals surface area contributed by atoms with Gasteiger partial charge in [0.2, 0.25) is 5.91 Å². The summed E-state index contributed by atoms with van der Waals surface area (Å²) in [6.07, 6.45) is 4.07. The quantitative estimate of drug-likeness (QED) is 0.655. The van der Waals surface area contributed by atoms with Crippen LogP contribution >= 0.6 is 0 Å². The molecule has 0 spiro atoms. The van der Waals surface area contributed by atoms with Gasteiger partial charge in [-0.3, -0.25) is 9.59 Å². The molecule has 1 N–H and O–H groups in total. The molecule has 160 valence electrons. The minimum absolute atomic E-state index is 0.0534. The molecule has 1 aliphatic rings. The normalized spacial score (nSPS) is 16.2. The molecule has 0 saturated carbocycles. The molecule has 3 rings (SSSR count). The fourth-order valence-electron chi connectivity index (χ4n) is 3.69. The van der Waals surface area contributed by atoms with Gasteiger partial charge in [-0.05, 0) is 75.4 Å². The lowest BCUT2D eigenvalue weighted by atomic mass is 10.0. The molecule has 1 heterocycles. The van der Waals surface area contributed by atoms with Crippen LogP contribution in [0.25, 0.3) is 0 Å². The molecule has 1 fully saturated rings. The van der Waals surface area contributed by atoms with E-state index in [1.54, 1.807) is 24.3 Å². The third kappa shape index (κ3) is 5.81. The minimum Gasteiger partial charge on any atom is -0.493 e. The van der Waals surface area contributed by atoms with Crippen LogP contribution in [0.2, 0.25) is 0 Å². The molecule has 2 aromatic carbocycles. The third-order valence-corrected chi connectivity index (χ3v) is 5.42. The second-order valence-corrected chi connectivity index (χ2v) is 7.83. The number of piperidine rings is 1. The summed E-state index contributed by atoms with van der Waals surface area (Å²) in [5, 5.41) is 2.89. The van der Waals surface area contributed by atoms with Crippen LogP contribution in [0.1, 0.15) is 54.9 Å². The summed E-state index contributed by atoms with van der Waals surface area (Å²) in [6.45, 7) is 5.11. The highest BCUT2D eigenvalue weighted by Gasteiger charge is 2.24. The predicted octanol–water partition coefficient (Wildman–Crippen LogP) is 4.95. The first-order chi connectivity index (χ1) is 14.4. The van der Waals surface area contributed by atoms with E-state index in [1.165, 1.54) is 18.6 Å². The maximum atomic E-state index is 13.1. The summed E-state index contributed by atoms with van der Waals surface area (Å²) in [4.78, 5) is 27.0. The maximum absolute atomic E-state index is 13.1. The average molecular weight is 413 g/mol. The van der Waals surface area contributed by atoms with Crippen LogP contribution < -0.4 is 10.1 Å². The van der Waals surface area contributed by atoms with Crippen LogP contribution in [0.3, 0.4) is 0 Å². The van der Waals surface area contributed by atoms with Crippen LogP contribution in [0.5, 0.6) is 5.75 Å². The van der Waals surface area contributed by atoms with Crippen molar-refractivity contribution in [1.29, 1.82) is 0 Å². The SMILES string of the molecule is Cc1cc(C(=O)N2CCCCC2C)ccc1NC(=O)CCCOc1cccc(F)c1. The number of carbonyl (C=O) groups excluding carboxylic acids is 2. The monoisotopic (exact) mass is 412 g/mol. The number of anilines is 1. The van der Waals surface area contributed by atoms with Gasteiger partial charge in [0.25, 0.3) is 5.91 Å². The molecule has 2 amide bonds. The van der Waals surface area contributed by atoms with Crippen molar-refractivity contribution in [3.8, 4) is 5.75 Å². The van der Waals surface area contributed by atoms with E-state index in [0.29, 0.717) is 36.4 Å². The molecule has 30 heavy (non-hydrogen) atoms. The molecule has 0 bridgehead atoms. The Morgan fingerprint density at radius 2 is 2.03 bits per heavy atom. The number of ether oxygens (including phenoxy) is 1. The molecule has 0 aromatic heterocycles. The number of nitrogens with one attached hydrogen (secondary N) is 1. The summed E-state index contributed by atoms with van der Waals surface area (Å²) in [5.41, 5.74) is 2.21. The fourth-order valence-corrected chi connectivity index (χ4v) is 3.69. The van der Waals surface area contributed by atoms with Crippen molar-refractivity contribution in [2.24, 2.45) is 0 Å². The number of halogens is 1. The maximum Gasteiger partial charge on any atom is 0.254 e. The summed E-state index contributed by atoms with van der Waals surface area (Å²) >= 11 is 0. The molecular formula is C24H29FN2O3. The van der Waals surface area contributed by atoms with E-state index < -0.39 is 0 Å². The Morgan fingerprint density at radius 3 is 2.77 bits per heavy atom. The third-order valence-electron chi connectivity index (χ3n) is 5.42. The number of nitrogens with zero attached hydrogens (tertiary/aromatic N) is 1. The lowest BCUT2D eigenvalue weighted by molar-refractivity contribution is -0.116. The topological polar surface area (TPSA) is 58.6 Å². The second-order valence-electron chi connectivity index (χ2n) is 7.83. The predicted molar refractivity (Wildman–Crippen MR) is 115 cm³/mol. The van der Waals surface area contributed by atoms with Gasteiger partial charge in [0, 0.05) is 36.3 Å². The van der Waals surface area contributed by atoms with Gasteiger partial charge in [-0.1, -0.05) is 6.07 Å². The Labute approximate surface area is 177 Å². The van der Waals surface area contributed by atoms with Gasteiger partial charge in [-0.25, -0.2) is 4.39 Å². The zero-order valence-electron chi connectivity index (χ0n) is 17.6. The van der Waals surface area contributed by atoms with E-state index in [2.05, 4.69) is 12.2 Å². The van der Waals surface area contributed by atoms with Crippen molar-refractivity contribution >= 4 is 17.5 Å². The van der Waals surface area contributed by atoms with Crippen LogP contribution in [0, 0.1) is 12.7 Å². The fraction of sp³-hybridized carbons (Fsp3) is 0.417. The van der Waals surface area contributed by atoms with E-state index in [1.807, 2.05) is 17.9 Å². The standard InChI is InChI=1S/C24H29FN2O3/c1-17-15-19(24(29)27-13-4-3-7-18(27)2)11-12-22(17)26-23(28)10-6-14-30-21-9-5-8-20(25)16-21/h5,8-9,11-12,15-16,18H,3-4,6-7,10,13-14H2,1-2H3,(H,26,28). The number of aryl methyl sites for hydroxylation is 1. The van der Waals surface area contributed by atoms with Crippen LogP contribution in [0.4, 0.5) is 10.1 Å². The first-order valence-corrected chi connectivity index (χ1v) is 10.5. The molecule has 0 radical (unpaired) electrons. The number of hydrogen-bond donors (Lipinski definition) is 1. The molecule has 5 nitrogen and oxygen atoms in total. The Hall–Kier alpha value is -2.89. The molecule has 1 atom stereocenters. The average Bonchev–Trinajstić information content (AvgIpc) is 2.73. The molecule has 2 aromatic rings. The zero-order chi connectivity index (χ0) is 21.5. The van der Waals surface area contributed by atoms with E-state index in [0.717, 1.165) is 24.9 Å². The molecule has 1 unspecified atom stereocenters. The summed E-state index contributed by atoms with van der Waals surface area (Å²) in [7, 11) is 0. The van der Waals surface area contributed by atoms with Crippen molar-refractivity contribution in [3.05, 3.63) is 59.4 Å². The van der Waals surface area contributed by atoms with Crippen molar-refractivity contribution in [1.82, 2.24) is 4.90 Å². The van der Waals surface area contributed by atoms with Crippen LogP contribution in [0.15, 0.2) is 42.5 Å². The zero-order valence-corrected chi connectivity index (χ0v) is 17.6. The van der Waals surface area contributed by atoms with Crippen LogP contribution in [-0.2, 0) is 4.79 Å². The van der Waals surface area contributed by atoms with Gasteiger partial charge in [0.1, 0.15) is 11.6 Å². The van der Waals surface area contributed by atoms with Gasteiger partial charge in [0.05, 0.1) is 6.61 Å². The highest BCUT2D eigenvalue weighted by atomic mass is 19.1. The Kier molecular flexibility index (Phi) is 7.44. The summed E-state index contributed by atoms with van der Waals surface area (Å²) in [6, 6.07) is 11.6. The van der Waals surface area contributed by atoms with Crippen molar-refractivity contribution in [2.45, 2.75) is 52.0 Å².